The van der Waals surface area contributed by atoms with Gasteiger partial charge in [-0.25, -0.2) is 0 Å². The van der Waals surface area contributed by atoms with Gasteiger partial charge in [-0.2, -0.15) is 0 Å². The summed E-state index contributed by atoms with van der Waals surface area (Å²) in [6, 6.07) is 6.49. The highest BCUT2D eigenvalue weighted by Gasteiger charge is 2.36. The van der Waals surface area contributed by atoms with Gasteiger partial charge in [-0.05, 0) is 60.6 Å². The third-order valence-corrected chi connectivity index (χ3v) is 4.17. The molecule has 1 atom stereocenters. The average Bonchev–Trinajstić information content (AvgIpc) is 2.59. The van der Waals surface area contributed by atoms with E-state index >= 15 is 0 Å². The first-order valence-corrected chi connectivity index (χ1v) is 6.97. The second kappa shape index (κ2) is 4.52. The van der Waals surface area contributed by atoms with Gasteiger partial charge in [-0.1, -0.05) is 19.1 Å². The number of hydrogen-bond donors (Lipinski definition) is 1. The lowest BCUT2D eigenvalue weighted by Crippen LogP contribution is -2.35. The van der Waals surface area contributed by atoms with Crippen molar-refractivity contribution in [3.05, 3.63) is 44.4 Å². The fraction of sp³-hybridized carbons (Fsp3) is 0.429. The molecule has 2 nitrogen and oxygen atoms in total. The van der Waals surface area contributed by atoms with Gasteiger partial charge >= 0.3 is 0 Å². The molecule has 1 aliphatic heterocycles. The highest BCUT2D eigenvalue weighted by Crippen LogP contribution is 2.36. The summed E-state index contributed by atoms with van der Waals surface area (Å²) in [5.41, 5.74) is 3.38. The summed E-state index contributed by atoms with van der Waals surface area (Å²) >= 11 is 2.30. The second-order valence-electron chi connectivity index (χ2n) is 4.65. The zero-order valence-electron chi connectivity index (χ0n) is 10.7. The minimum absolute atomic E-state index is 0.416. The molecule has 3 heteroatoms. The summed E-state index contributed by atoms with van der Waals surface area (Å²) < 4.78 is 7.17. The number of allylic oxidation sites excluding steroid dienone is 1. The van der Waals surface area contributed by atoms with Crippen LogP contribution in [0.3, 0.4) is 0 Å². The summed E-state index contributed by atoms with van der Waals surface area (Å²) in [7, 11) is 0. The molecule has 0 saturated carbocycles. The monoisotopic (exact) mass is 343 g/mol. The molecule has 1 aromatic carbocycles. The fourth-order valence-electron chi connectivity index (χ4n) is 1.99. The van der Waals surface area contributed by atoms with Gasteiger partial charge in [0.15, 0.2) is 0 Å². The van der Waals surface area contributed by atoms with Crippen molar-refractivity contribution in [1.82, 2.24) is 5.32 Å². The van der Waals surface area contributed by atoms with Gasteiger partial charge in [0.1, 0.15) is 9.46 Å². The van der Waals surface area contributed by atoms with E-state index in [9.17, 15) is 0 Å². The number of benzene rings is 1. The molecule has 0 aromatic heterocycles. The van der Waals surface area contributed by atoms with Crippen molar-refractivity contribution in [2.75, 3.05) is 0 Å². The SMILES string of the molecule is CCC1=C(I)NC(C)(c2ccc(C)c(C)c2)O1. The van der Waals surface area contributed by atoms with Gasteiger partial charge < -0.3 is 10.1 Å². The van der Waals surface area contributed by atoms with Crippen LogP contribution in [0.4, 0.5) is 0 Å². The average molecular weight is 343 g/mol. The summed E-state index contributed by atoms with van der Waals surface area (Å²) in [5, 5.41) is 3.44. The topological polar surface area (TPSA) is 21.3 Å². The smallest absolute Gasteiger partial charge is 0.204 e. The highest BCUT2D eigenvalue weighted by atomic mass is 127. The first-order chi connectivity index (χ1) is 7.96. The maximum Gasteiger partial charge on any atom is 0.204 e. The predicted molar refractivity (Wildman–Crippen MR) is 78.8 cm³/mol. The van der Waals surface area contributed by atoms with Crippen molar-refractivity contribution in [2.45, 2.75) is 39.8 Å². The summed E-state index contributed by atoms with van der Waals surface area (Å²) in [4.78, 5) is 0. The largest absolute Gasteiger partial charge is 0.466 e. The van der Waals surface area contributed by atoms with Crippen LogP contribution >= 0.6 is 22.6 Å². The number of rotatable bonds is 2. The molecule has 0 fully saturated rings. The summed E-state index contributed by atoms with van der Waals surface area (Å²) in [6.07, 6.45) is 0.922. The number of aryl methyl sites for hydroxylation is 2. The molecule has 2 rings (SSSR count). The Morgan fingerprint density at radius 3 is 2.53 bits per heavy atom. The molecule has 1 aliphatic rings. The highest BCUT2D eigenvalue weighted by molar-refractivity contribution is 14.1. The van der Waals surface area contributed by atoms with E-state index in [0.717, 1.165) is 15.9 Å². The lowest BCUT2D eigenvalue weighted by Gasteiger charge is -2.27. The molecule has 92 valence electrons. The van der Waals surface area contributed by atoms with Crippen LogP contribution < -0.4 is 5.32 Å². The molecule has 1 heterocycles. The molecule has 0 bridgehead atoms. The third-order valence-electron chi connectivity index (χ3n) is 3.30. The van der Waals surface area contributed by atoms with Gasteiger partial charge in [0, 0.05) is 12.0 Å². The Morgan fingerprint density at radius 2 is 2.00 bits per heavy atom. The molecule has 1 aromatic rings. The molecular weight excluding hydrogens is 325 g/mol. The van der Waals surface area contributed by atoms with Crippen LogP contribution in [-0.4, -0.2) is 0 Å². The van der Waals surface area contributed by atoms with Crippen LogP contribution in [-0.2, 0) is 10.5 Å². The number of ether oxygens (including phenoxy) is 1. The van der Waals surface area contributed by atoms with E-state index in [-0.39, 0.29) is 0 Å². The van der Waals surface area contributed by atoms with Crippen LogP contribution in [0.2, 0.25) is 0 Å². The van der Waals surface area contributed by atoms with Crippen molar-refractivity contribution >= 4 is 22.6 Å². The molecule has 1 unspecified atom stereocenters. The minimum Gasteiger partial charge on any atom is -0.466 e. The fourth-order valence-corrected chi connectivity index (χ4v) is 3.00. The summed E-state index contributed by atoms with van der Waals surface area (Å²) in [6.45, 7) is 8.46. The van der Waals surface area contributed by atoms with E-state index in [0.29, 0.717) is 0 Å². The molecule has 0 aliphatic carbocycles. The van der Waals surface area contributed by atoms with Crippen molar-refractivity contribution < 1.29 is 4.74 Å². The number of nitrogens with one attached hydrogen (secondary N) is 1. The van der Waals surface area contributed by atoms with Crippen molar-refractivity contribution in [1.29, 1.82) is 0 Å². The van der Waals surface area contributed by atoms with Crippen molar-refractivity contribution in [3.8, 4) is 0 Å². The van der Waals surface area contributed by atoms with E-state index in [1.807, 2.05) is 0 Å². The Balaban J connectivity index is 2.33. The second-order valence-corrected chi connectivity index (χ2v) is 5.73. The van der Waals surface area contributed by atoms with Gasteiger partial charge in [-0.3, -0.25) is 0 Å². The Kier molecular flexibility index (Phi) is 3.39. The van der Waals surface area contributed by atoms with E-state index in [2.05, 4.69) is 73.8 Å². The zero-order valence-corrected chi connectivity index (χ0v) is 12.9. The molecule has 17 heavy (non-hydrogen) atoms. The van der Waals surface area contributed by atoms with E-state index in [4.69, 9.17) is 4.74 Å². The Hall–Kier alpha value is -0.710. The van der Waals surface area contributed by atoms with E-state index in [1.54, 1.807) is 0 Å². The molecule has 0 amide bonds. The first-order valence-electron chi connectivity index (χ1n) is 5.90. The van der Waals surface area contributed by atoms with E-state index < -0.39 is 5.72 Å². The Morgan fingerprint density at radius 1 is 1.29 bits per heavy atom. The number of halogens is 1. The number of hydrogen-bond acceptors (Lipinski definition) is 2. The molecule has 0 saturated heterocycles. The van der Waals surface area contributed by atoms with Crippen LogP contribution in [0.25, 0.3) is 0 Å². The Bertz CT molecular complexity index is 481. The molecule has 0 radical (unpaired) electrons. The molecule has 1 N–H and O–H groups in total. The maximum absolute atomic E-state index is 6.05. The maximum atomic E-state index is 6.05. The van der Waals surface area contributed by atoms with Crippen molar-refractivity contribution in [2.24, 2.45) is 0 Å². The van der Waals surface area contributed by atoms with Crippen LogP contribution in [0.15, 0.2) is 27.7 Å². The lowest BCUT2D eigenvalue weighted by molar-refractivity contribution is 0.0183. The minimum atomic E-state index is -0.416. The van der Waals surface area contributed by atoms with Gasteiger partial charge in [0.25, 0.3) is 0 Å². The zero-order chi connectivity index (χ0) is 12.6. The van der Waals surface area contributed by atoms with Crippen LogP contribution in [0.1, 0.15) is 37.0 Å². The quantitative estimate of drug-likeness (QED) is 0.645. The first kappa shape index (κ1) is 12.7. The van der Waals surface area contributed by atoms with Crippen molar-refractivity contribution in [3.63, 3.8) is 0 Å². The normalized spacial score (nSPS) is 23.6. The van der Waals surface area contributed by atoms with Crippen LogP contribution in [0, 0.1) is 13.8 Å². The predicted octanol–water partition coefficient (Wildman–Crippen LogP) is 4.11. The van der Waals surface area contributed by atoms with Gasteiger partial charge in [0.2, 0.25) is 5.72 Å². The van der Waals surface area contributed by atoms with E-state index in [1.165, 1.54) is 16.7 Å². The third kappa shape index (κ3) is 2.30. The lowest BCUT2D eigenvalue weighted by atomic mass is 9.99. The van der Waals surface area contributed by atoms with Gasteiger partial charge in [0.05, 0.1) is 0 Å². The Labute approximate surface area is 117 Å². The molecular formula is C14H18INO. The summed E-state index contributed by atoms with van der Waals surface area (Å²) in [5.74, 6) is 1.05. The van der Waals surface area contributed by atoms with Gasteiger partial charge in [-0.15, -0.1) is 0 Å². The van der Waals surface area contributed by atoms with Crippen LogP contribution in [0.5, 0.6) is 0 Å². The standard InChI is InChI=1S/C14H18INO/c1-5-12-13(15)16-14(4,17-12)11-7-6-9(2)10(3)8-11/h6-8,16H,5H2,1-4H3. The molecule has 0 spiro atoms.